The minimum atomic E-state index is -0.679. The summed E-state index contributed by atoms with van der Waals surface area (Å²) in [4.78, 5) is 2.48. The smallest absolute Gasteiger partial charge is 0.156 e. The number of hydrogen-bond acceptors (Lipinski definition) is 3. The van der Waals surface area contributed by atoms with Crippen molar-refractivity contribution >= 4 is 39.0 Å². The molecule has 0 fully saturated rings. The molecule has 13 rings (SSSR count). The zero-order valence-corrected chi connectivity index (χ0v) is 40.7. The molecule has 0 amide bonds. The zero-order valence-electron chi connectivity index (χ0n) is 40.7. The van der Waals surface area contributed by atoms with Crippen molar-refractivity contribution in [3.05, 3.63) is 233 Å². The molecule has 0 N–H and O–H groups in total. The van der Waals surface area contributed by atoms with Crippen molar-refractivity contribution in [2.45, 2.75) is 77.0 Å². The number of rotatable bonds is 4. The van der Waals surface area contributed by atoms with Crippen molar-refractivity contribution in [3.8, 4) is 44.9 Å². The maximum atomic E-state index is 7.53. The molecule has 3 nitrogen and oxygen atoms in total. The van der Waals surface area contributed by atoms with Crippen molar-refractivity contribution < 1.29 is 9.15 Å². The normalized spacial score (nSPS) is 14.7. The maximum absolute atomic E-state index is 7.53. The van der Waals surface area contributed by atoms with Gasteiger partial charge in [-0.2, -0.15) is 0 Å². The Bertz CT molecular complexity index is 3710. The van der Waals surface area contributed by atoms with E-state index in [1.54, 1.807) is 0 Å². The molecule has 10 aromatic rings. The minimum absolute atomic E-state index is 0.0678. The van der Waals surface area contributed by atoms with E-state index in [0.717, 1.165) is 72.8 Å². The van der Waals surface area contributed by atoms with Crippen LogP contribution >= 0.6 is 0 Å². The molecule has 0 saturated heterocycles. The fourth-order valence-corrected chi connectivity index (χ4v) is 12.2. The zero-order chi connectivity index (χ0) is 47.2. The van der Waals surface area contributed by atoms with Crippen LogP contribution in [0.3, 0.4) is 0 Å². The van der Waals surface area contributed by atoms with Gasteiger partial charge in [-0.15, -0.1) is 0 Å². The minimum Gasteiger partial charge on any atom is -0.456 e. The third kappa shape index (κ3) is 5.86. The summed E-state index contributed by atoms with van der Waals surface area (Å²) in [6, 6.07) is 69.9. The molecule has 0 saturated carbocycles. The summed E-state index contributed by atoms with van der Waals surface area (Å²) in [5, 5.41) is 2.21. The number of furan rings is 1. The van der Waals surface area contributed by atoms with E-state index < -0.39 is 5.41 Å². The van der Waals surface area contributed by atoms with Gasteiger partial charge in [0.25, 0.3) is 0 Å². The van der Waals surface area contributed by atoms with Crippen molar-refractivity contribution in [1.82, 2.24) is 0 Å². The Balaban J connectivity index is 1.14. The van der Waals surface area contributed by atoms with Crippen LogP contribution in [0.25, 0.3) is 55.3 Å². The predicted molar refractivity (Wildman–Crippen MR) is 286 cm³/mol. The molecule has 69 heavy (non-hydrogen) atoms. The van der Waals surface area contributed by atoms with Crippen LogP contribution in [-0.2, 0) is 21.7 Å². The molecule has 0 radical (unpaired) electrons. The van der Waals surface area contributed by atoms with E-state index in [1.165, 1.54) is 55.6 Å². The molecule has 0 bridgehead atoms. The van der Waals surface area contributed by atoms with Gasteiger partial charge in [-0.3, -0.25) is 0 Å². The van der Waals surface area contributed by atoms with Gasteiger partial charge in [0.1, 0.15) is 16.9 Å². The number of ether oxygens (including phenoxy) is 1. The van der Waals surface area contributed by atoms with Crippen LogP contribution in [0.4, 0.5) is 17.1 Å². The number of nitrogens with zero attached hydrogens (tertiary/aromatic N) is 1. The van der Waals surface area contributed by atoms with Crippen LogP contribution in [0.1, 0.15) is 99.9 Å². The standard InChI is InChI=1S/C66H55NO2/c1-63(2,3)40-31-34-45-46-35-32-41(64(4,5)6)38-55(46)66(54(45)37-40)51-24-13-16-29-59(51)69-62-52(66)25-18-27-57(62)67(42-33-36-44-43-19-9-12-23-50(43)65(7,8)53(44)39-42)56-26-14-10-20-47(56)48-22-17-30-60-61(48)49-21-11-15-28-58(49)68-60/h9-39H,1-8H3. The van der Waals surface area contributed by atoms with E-state index in [9.17, 15) is 0 Å². The van der Waals surface area contributed by atoms with Gasteiger partial charge in [0.15, 0.2) is 5.75 Å². The summed E-state index contributed by atoms with van der Waals surface area (Å²) in [6.45, 7) is 18.7. The molecular formula is C66H55NO2. The van der Waals surface area contributed by atoms with E-state index in [4.69, 9.17) is 9.15 Å². The van der Waals surface area contributed by atoms with E-state index in [0.29, 0.717) is 0 Å². The molecule has 0 unspecified atom stereocenters. The number of hydrogen-bond donors (Lipinski definition) is 0. The molecule has 2 aliphatic carbocycles. The summed E-state index contributed by atoms with van der Waals surface area (Å²) in [7, 11) is 0. The van der Waals surface area contributed by atoms with Crippen molar-refractivity contribution in [1.29, 1.82) is 0 Å². The van der Waals surface area contributed by atoms with Gasteiger partial charge in [0.05, 0.1) is 16.8 Å². The quantitative estimate of drug-likeness (QED) is 0.176. The molecule has 0 atom stereocenters. The van der Waals surface area contributed by atoms with Gasteiger partial charge in [0.2, 0.25) is 0 Å². The molecule has 3 heteroatoms. The molecule has 9 aromatic carbocycles. The topological polar surface area (TPSA) is 25.6 Å². The van der Waals surface area contributed by atoms with E-state index in [1.807, 2.05) is 6.07 Å². The summed E-state index contributed by atoms with van der Waals surface area (Å²) in [6.07, 6.45) is 0. The number of para-hydroxylation sites is 4. The van der Waals surface area contributed by atoms with Crippen LogP contribution in [0.5, 0.6) is 11.5 Å². The Hall–Kier alpha value is -7.62. The Morgan fingerprint density at radius 1 is 0.406 bits per heavy atom. The molecule has 3 aliphatic rings. The highest BCUT2D eigenvalue weighted by atomic mass is 16.5. The average Bonchev–Trinajstić information content (AvgIpc) is 3.95. The number of anilines is 3. The first-order valence-electron chi connectivity index (χ1n) is 24.5. The highest BCUT2D eigenvalue weighted by Gasteiger charge is 2.52. The van der Waals surface area contributed by atoms with Gasteiger partial charge >= 0.3 is 0 Å². The molecule has 1 aromatic heterocycles. The first-order valence-corrected chi connectivity index (χ1v) is 24.5. The van der Waals surface area contributed by atoms with Crippen molar-refractivity contribution in [3.63, 3.8) is 0 Å². The third-order valence-corrected chi connectivity index (χ3v) is 15.7. The molecular weight excluding hydrogens is 839 g/mol. The van der Waals surface area contributed by atoms with Gasteiger partial charge in [-0.05, 0) is 114 Å². The van der Waals surface area contributed by atoms with E-state index in [2.05, 4.69) is 242 Å². The fraction of sp³-hybridized carbons (Fsp3) is 0.182. The summed E-state index contributed by atoms with van der Waals surface area (Å²) < 4.78 is 14.1. The number of fused-ring (bicyclic) bond motifs is 15. The second kappa shape index (κ2) is 14.5. The third-order valence-electron chi connectivity index (χ3n) is 15.7. The number of benzene rings is 9. The highest BCUT2D eigenvalue weighted by Crippen LogP contribution is 2.65. The summed E-state index contributed by atoms with van der Waals surface area (Å²) in [5.74, 6) is 1.72. The lowest BCUT2D eigenvalue weighted by molar-refractivity contribution is 0.437. The van der Waals surface area contributed by atoms with Gasteiger partial charge in [-0.25, -0.2) is 0 Å². The van der Waals surface area contributed by atoms with E-state index in [-0.39, 0.29) is 16.2 Å². The largest absolute Gasteiger partial charge is 0.456 e. The van der Waals surface area contributed by atoms with Gasteiger partial charge < -0.3 is 14.1 Å². The molecule has 1 aliphatic heterocycles. The van der Waals surface area contributed by atoms with Crippen molar-refractivity contribution in [2.75, 3.05) is 4.90 Å². The summed E-state index contributed by atoms with van der Waals surface area (Å²) >= 11 is 0. The van der Waals surface area contributed by atoms with Crippen molar-refractivity contribution in [2.24, 2.45) is 0 Å². The Kier molecular flexibility index (Phi) is 8.70. The monoisotopic (exact) mass is 893 g/mol. The van der Waals surface area contributed by atoms with Gasteiger partial charge in [0, 0.05) is 38.6 Å². The molecule has 2 heterocycles. The first kappa shape index (κ1) is 41.6. The second-order valence-corrected chi connectivity index (χ2v) is 22.1. The average molecular weight is 894 g/mol. The van der Waals surface area contributed by atoms with Crippen LogP contribution in [0, 0.1) is 0 Å². The Morgan fingerprint density at radius 3 is 1.68 bits per heavy atom. The van der Waals surface area contributed by atoms with Crippen LogP contribution < -0.4 is 9.64 Å². The molecule has 1 spiro atoms. The lowest BCUT2D eigenvalue weighted by Crippen LogP contribution is -2.33. The summed E-state index contributed by atoms with van der Waals surface area (Å²) in [5.41, 5.74) is 21.3. The van der Waals surface area contributed by atoms with Crippen LogP contribution in [-0.4, -0.2) is 0 Å². The maximum Gasteiger partial charge on any atom is 0.156 e. The lowest BCUT2D eigenvalue weighted by Gasteiger charge is -2.42. The predicted octanol–water partition coefficient (Wildman–Crippen LogP) is 18.1. The van der Waals surface area contributed by atoms with E-state index >= 15 is 0 Å². The van der Waals surface area contributed by atoms with Gasteiger partial charge in [-0.1, -0.05) is 201 Å². The Morgan fingerprint density at radius 2 is 0.942 bits per heavy atom. The SMILES string of the molecule is CC(C)(C)c1ccc2c(c1)C1(c3ccccc3Oc3c(N(c4ccc5c(c4)C(C)(C)c4ccccc4-5)c4ccccc4-c4cccc5oc6ccccc6c45)cccc31)c1cc(C(C)(C)C)ccc1-2. The fourth-order valence-electron chi connectivity index (χ4n) is 12.2. The van der Waals surface area contributed by atoms with Crippen LogP contribution in [0.2, 0.25) is 0 Å². The lowest BCUT2D eigenvalue weighted by atomic mass is 9.64. The Labute approximate surface area is 405 Å². The van der Waals surface area contributed by atoms with Crippen LogP contribution in [0.15, 0.2) is 192 Å². The highest BCUT2D eigenvalue weighted by molar-refractivity contribution is 6.14. The second-order valence-electron chi connectivity index (χ2n) is 22.1. The first-order chi connectivity index (χ1) is 33.2. The molecule has 336 valence electrons.